The second-order valence-corrected chi connectivity index (χ2v) is 8.53. The number of carbonyl (C=O) groups is 2. The summed E-state index contributed by atoms with van der Waals surface area (Å²) in [6.07, 6.45) is -1.31. The molecule has 2 heterocycles. The van der Waals surface area contributed by atoms with Crippen LogP contribution in [0.4, 0.5) is 0 Å². The Morgan fingerprint density at radius 3 is 2.37 bits per heavy atom. The van der Waals surface area contributed by atoms with Crippen LogP contribution in [0.5, 0.6) is 5.75 Å². The first-order chi connectivity index (χ1) is 14.0. The molecule has 0 aliphatic carbocycles. The summed E-state index contributed by atoms with van der Waals surface area (Å²) in [6, 6.07) is 6.45. The average Bonchev–Trinajstić information content (AvgIpc) is 2.68. The Bertz CT molecular complexity index is 1020. The van der Waals surface area contributed by atoms with Gasteiger partial charge in [-0.25, -0.2) is 4.79 Å². The molecule has 1 aromatic carbocycles. The third kappa shape index (κ3) is 4.06. The van der Waals surface area contributed by atoms with Crippen LogP contribution in [-0.2, 0) is 19.1 Å². The van der Waals surface area contributed by atoms with Crippen LogP contribution in [0, 0.1) is 11.8 Å². The molecule has 7 heteroatoms. The molecule has 0 N–H and O–H groups in total. The van der Waals surface area contributed by atoms with Gasteiger partial charge in [0.2, 0.25) is 0 Å². The number of carbonyl (C=O) groups excluding carboxylic acids is 2. The zero-order valence-electron chi connectivity index (χ0n) is 18.2. The monoisotopic (exact) mass is 416 g/mol. The Morgan fingerprint density at radius 1 is 1.07 bits per heavy atom. The molecule has 0 saturated carbocycles. The van der Waals surface area contributed by atoms with E-state index in [1.807, 2.05) is 6.92 Å². The first-order valence-electron chi connectivity index (χ1n) is 10.2. The summed E-state index contributed by atoms with van der Waals surface area (Å²) in [5.74, 6) is -1.17. The summed E-state index contributed by atoms with van der Waals surface area (Å²) >= 11 is 0. The molecule has 3 atom stereocenters. The highest BCUT2D eigenvalue weighted by atomic mass is 16.6. The van der Waals surface area contributed by atoms with Gasteiger partial charge in [0.05, 0.1) is 17.4 Å². The molecule has 0 spiro atoms. The highest BCUT2D eigenvalue weighted by Gasteiger charge is 2.50. The summed E-state index contributed by atoms with van der Waals surface area (Å²) in [5, 5.41) is 0.648. The first-order valence-corrected chi connectivity index (χ1v) is 10.2. The first kappa shape index (κ1) is 21.9. The normalized spacial score (nSPS) is 20.9. The molecule has 1 aliphatic rings. The van der Waals surface area contributed by atoms with Crippen LogP contribution in [0.3, 0.4) is 0 Å². The molecule has 0 radical (unpaired) electrons. The van der Waals surface area contributed by atoms with Crippen LogP contribution in [0.15, 0.2) is 33.5 Å². The number of esters is 2. The lowest BCUT2D eigenvalue weighted by Gasteiger charge is -2.43. The van der Waals surface area contributed by atoms with Gasteiger partial charge >= 0.3 is 17.6 Å². The van der Waals surface area contributed by atoms with Crippen LogP contribution in [0.1, 0.15) is 59.6 Å². The van der Waals surface area contributed by atoms with Crippen molar-refractivity contribution in [3.8, 4) is 5.75 Å². The largest absolute Gasteiger partial charge is 0.483 e. The van der Waals surface area contributed by atoms with Crippen molar-refractivity contribution in [1.82, 2.24) is 0 Å². The van der Waals surface area contributed by atoms with Crippen molar-refractivity contribution in [2.24, 2.45) is 11.8 Å². The third-order valence-electron chi connectivity index (χ3n) is 5.38. The summed E-state index contributed by atoms with van der Waals surface area (Å²) < 4.78 is 23.2. The number of rotatable bonds is 5. The maximum absolute atomic E-state index is 12.7. The molecule has 0 bridgehead atoms. The quantitative estimate of drug-likeness (QED) is 0.534. The molecular formula is C23H28O7. The fourth-order valence-corrected chi connectivity index (χ4v) is 3.35. The van der Waals surface area contributed by atoms with E-state index in [1.54, 1.807) is 52.8 Å². The van der Waals surface area contributed by atoms with Gasteiger partial charge in [0, 0.05) is 11.5 Å². The van der Waals surface area contributed by atoms with Crippen molar-refractivity contribution >= 4 is 22.9 Å². The number of hydrogen-bond acceptors (Lipinski definition) is 7. The highest BCUT2D eigenvalue weighted by Crippen LogP contribution is 2.46. The van der Waals surface area contributed by atoms with Crippen molar-refractivity contribution in [1.29, 1.82) is 0 Å². The van der Waals surface area contributed by atoms with E-state index in [1.165, 1.54) is 6.07 Å². The SMILES string of the molecule is CC[C@H](C)C(=O)O[C@H]1c2c(ccc3ccc(=O)oc23)OC(C)(C)[C@H]1OC(=O)C(C)C. The minimum Gasteiger partial charge on any atom is -0.483 e. The third-order valence-corrected chi connectivity index (χ3v) is 5.38. The van der Waals surface area contributed by atoms with E-state index in [4.69, 9.17) is 18.6 Å². The number of fused-ring (bicyclic) bond motifs is 3. The smallest absolute Gasteiger partial charge is 0.336 e. The molecule has 3 rings (SSSR count). The van der Waals surface area contributed by atoms with Crippen LogP contribution in [0.2, 0.25) is 0 Å². The molecule has 7 nitrogen and oxygen atoms in total. The summed E-state index contributed by atoms with van der Waals surface area (Å²) in [7, 11) is 0. The van der Waals surface area contributed by atoms with Crippen LogP contribution in [0.25, 0.3) is 11.0 Å². The van der Waals surface area contributed by atoms with Crippen molar-refractivity contribution in [2.45, 2.75) is 65.8 Å². The van der Waals surface area contributed by atoms with Gasteiger partial charge in [-0.1, -0.05) is 27.7 Å². The Kier molecular flexibility index (Phi) is 5.92. The van der Waals surface area contributed by atoms with Gasteiger partial charge in [0.15, 0.2) is 12.2 Å². The molecule has 2 aromatic rings. The second-order valence-electron chi connectivity index (χ2n) is 8.53. The lowest BCUT2D eigenvalue weighted by atomic mass is 9.87. The maximum Gasteiger partial charge on any atom is 0.336 e. The Morgan fingerprint density at radius 2 is 1.73 bits per heavy atom. The van der Waals surface area contributed by atoms with E-state index in [9.17, 15) is 14.4 Å². The van der Waals surface area contributed by atoms with Crippen molar-refractivity contribution < 1.29 is 28.2 Å². The predicted molar refractivity (Wildman–Crippen MR) is 110 cm³/mol. The lowest BCUT2D eigenvalue weighted by molar-refractivity contribution is -0.194. The molecule has 1 aliphatic heterocycles. The molecule has 0 fully saturated rings. The van der Waals surface area contributed by atoms with Crippen LogP contribution >= 0.6 is 0 Å². The van der Waals surface area contributed by atoms with Gasteiger partial charge in [-0.05, 0) is 38.5 Å². The van der Waals surface area contributed by atoms with E-state index in [0.717, 1.165) is 0 Å². The second kappa shape index (κ2) is 8.13. The molecule has 0 unspecified atom stereocenters. The summed E-state index contributed by atoms with van der Waals surface area (Å²) in [5.41, 5.74) is -0.880. The van der Waals surface area contributed by atoms with Gasteiger partial charge in [0.1, 0.15) is 16.9 Å². The van der Waals surface area contributed by atoms with E-state index >= 15 is 0 Å². The van der Waals surface area contributed by atoms with E-state index in [-0.39, 0.29) is 17.4 Å². The number of hydrogen-bond donors (Lipinski definition) is 0. The molecule has 30 heavy (non-hydrogen) atoms. The molecule has 162 valence electrons. The van der Waals surface area contributed by atoms with Crippen molar-refractivity contribution in [3.05, 3.63) is 40.2 Å². The molecule has 0 amide bonds. The van der Waals surface area contributed by atoms with E-state index < -0.39 is 35.4 Å². The van der Waals surface area contributed by atoms with Gasteiger partial charge in [-0.15, -0.1) is 0 Å². The Labute approximate surface area is 175 Å². The zero-order valence-corrected chi connectivity index (χ0v) is 18.2. The number of benzene rings is 1. The van der Waals surface area contributed by atoms with Crippen LogP contribution < -0.4 is 10.4 Å². The fourth-order valence-electron chi connectivity index (χ4n) is 3.35. The topological polar surface area (TPSA) is 92.0 Å². The van der Waals surface area contributed by atoms with Gasteiger partial charge in [-0.3, -0.25) is 9.59 Å². The average molecular weight is 416 g/mol. The predicted octanol–water partition coefficient (Wildman–Crippen LogP) is 4.16. The van der Waals surface area contributed by atoms with E-state index in [0.29, 0.717) is 23.1 Å². The zero-order chi connectivity index (χ0) is 22.2. The summed E-state index contributed by atoms with van der Waals surface area (Å²) in [6.45, 7) is 10.6. The standard InChI is InChI=1S/C23H28O7/c1-7-13(4)22(26)28-19-17-15(10-8-14-9-11-16(24)27-18(14)17)30-23(5,6)20(19)29-21(25)12(2)3/h8-13,19-20H,7H2,1-6H3/t13-,19-,20-/m0/s1. The minimum atomic E-state index is -0.985. The maximum atomic E-state index is 12.7. The molecular weight excluding hydrogens is 388 g/mol. The minimum absolute atomic E-state index is 0.253. The van der Waals surface area contributed by atoms with Gasteiger partial charge in [-0.2, -0.15) is 0 Å². The van der Waals surface area contributed by atoms with E-state index in [2.05, 4.69) is 0 Å². The van der Waals surface area contributed by atoms with Crippen molar-refractivity contribution in [2.75, 3.05) is 0 Å². The Hall–Kier alpha value is -2.83. The fraction of sp³-hybridized carbons (Fsp3) is 0.522. The Balaban J connectivity index is 2.20. The molecule has 1 aromatic heterocycles. The lowest BCUT2D eigenvalue weighted by Crippen LogP contribution is -2.52. The highest BCUT2D eigenvalue weighted by molar-refractivity contribution is 5.84. The van der Waals surface area contributed by atoms with Gasteiger partial charge < -0.3 is 18.6 Å². The number of ether oxygens (including phenoxy) is 3. The molecule has 0 saturated heterocycles. The van der Waals surface area contributed by atoms with Crippen LogP contribution in [-0.4, -0.2) is 23.6 Å². The van der Waals surface area contributed by atoms with Crippen molar-refractivity contribution in [3.63, 3.8) is 0 Å². The van der Waals surface area contributed by atoms with Gasteiger partial charge in [0.25, 0.3) is 0 Å². The summed E-state index contributed by atoms with van der Waals surface area (Å²) in [4.78, 5) is 37.1.